The van der Waals surface area contributed by atoms with Crippen LogP contribution < -0.4 is 10.1 Å². The van der Waals surface area contributed by atoms with Gasteiger partial charge in [0.05, 0.1) is 7.11 Å². The third kappa shape index (κ3) is 6.69. The molecule has 1 amide bonds. The number of aryl methyl sites for hydroxylation is 1. The van der Waals surface area contributed by atoms with Crippen LogP contribution in [0.3, 0.4) is 0 Å². The topological polar surface area (TPSA) is 55.4 Å². The molecule has 1 N–H and O–H groups in total. The van der Waals surface area contributed by atoms with Crippen LogP contribution in [-0.4, -0.2) is 18.8 Å². The molecule has 0 saturated heterocycles. The monoisotopic (exact) mass is 381 g/mol. The average molecular weight is 382 g/mol. The molecule has 4 heteroatoms. The summed E-state index contributed by atoms with van der Waals surface area (Å²) in [7, 11) is 1.67. The lowest BCUT2D eigenvalue weighted by Gasteiger charge is -2.14. The van der Waals surface area contributed by atoms with E-state index >= 15 is 0 Å². The molecule has 0 unspecified atom stereocenters. The van der Waals surface area contributed by atoms with E-state index < -0.39 is 0 Å². The minimum absolute atomic E-state index is 0.0150. The standard InChI is InChI=1S/C22H25NO3.C2H6/c1-5-6-19-14-18(9-12-22(19)26-4)21(13-15(2)24)17-7-10-20(11-8-17)23-16(3)25;1-2/h7-14H,5-6H2,1-4H3,(H,23,25);1-2H3/b21-13+;. The van der Waals surface area contributed by atoms with Crippen LogP contribution in [0.4, 0.5) is 5.69 Å². The zero-order chi connectivity index (χ0) is 21.1. The Balaban J connectivity index is 0.00000190. The summed E-state index contributed by atoms with van der Waals surface area (Å²) in [6.45, 7) is 9.14. The fourth-order valence-corrected chi connectivity index (χ4v) is 2.88. The highest BCUT2D eigenvalue weighted by Crippen LogP contribution is 2.29. The van der Waals surface area contributed by atoms with Gasteiger partial charge in [0, 0.05) is 12.6 Å². The van der Waals surface area contributed by atoms with E-state index in [1.807, 2.05) is 50.2 Å². The molecule has 2 aromatic carbocycles. The lowest BCUT2D eigenvalue weighted by Crippen LogP contribution is -2.05. The molecule has 2 aromatic rings. The predicted octanol–water partition coefficient (Wildman–Crippen LogP) is 5.65. The quantitative estimate of drug-likeness (QED) is 0.630. The molecule has 150 valence electrons. The number of benzene rings is 2. The Labute approximate surface area is 168 Å². The molecule has 0 aliphatic heterocycles. The summed E-state index contributed by atoms with van der Waals surface area (Å²) >= 11 is 0. The highest BCUT2D eigenvalue weighted by Gasteiger charge is 2.11. The van der Waals surface area contributed by atoms with Crippen molar-refractivity contribution in [3.63, 3.8) is 0 Å². The molecule has 0 aliphatic rings. The number of ether oxygens (including phenoxy) is 1. The second kappa shape index (κ2) is 11.8. The summed E-state index contributed by atoms with van der Waals surface area (Å²) in [6, 6.07) is 13.5. The number of rotatable bonds is 7. The largest absolute Gasteiger partial charge is 0.496 e. The van der Waals surface area contributed by atoms with E-state index in [4.69, 9.17) is 4.74 Å². The molecule has 0 spiro atoms. The van der Waals surface area contributed by atoms with Crippen molar-refractivity contribution in [3.05, 3.63) is 65.2 Å². The number of carbonyl (C=O) groups excluding carboxylic acids is 2. The van der Waals surface area contributed by atoms with Gasteiger partial charge in [-0.15, -0.1) is 0 Å². The van der Waals surface area contributed by atoms with Gasteiger partial charge in [0.15, 0.2) is 5.78 Å². The number of methoxy groups -OCH3 is 1. The van der Waals surface area contributed by atoms with Gasteiger partial charge in [-0.05, 0) is 65.9 Å². The smallest absolute Gasteiger partial charge is 0.221 e. The Hall–Kier alpha value is -2.88. The van der Waals surface area contributed by atoms with E-state index in [9.17, 15) is 9.59 Å². The number of hydrogen-bond acceptors (Lipinski definition) is 3. The van der Waals surface area contributed by atoms with Gasteiger partial charge in [-0.3, -0.25) is 9.59 Å². The predicted molar refractivity (Wildman–Crippen MR) is 117 cm³/mol. The molecule has 0 heterocycles. The van der Waals surface area contributed by atoms with E-state index in [0.717, 1.165) is 46.5 Å². The average Bonchev–Trinajstić information content (AvgIpc) is 2.68. The lowest BCUT2D eigenvalue weighted by molar-refractivity contribution is -0.114. The summed E-state index contributed by atoms with van der Waals surface area (Å²) in [4.78, 5) is 23.0. The van der Waals surface area contributed by atoms with Gasteiger partial charge in [0.1, 0.15) is 5.75 Å². The number of carbonyl (C=O) groups is 2. The van der Waals surface area contributed by atoms with Crippen molar-refractivity contribution < 1.29 is 14.3 Å². The first-order chi connectivity index (χ1) is 13.4. The fourth-order valence-electron chi connectivity index (χ4n) is 2.88. The third-order valence-corrected chi connectivity index (χ3v) is 3.97. The summed E-state index contributed by atoms with van der Waals surface area (Å²) < 4.78 is 5.45. The maximum Gasteiger partial charge on any atom is 0.221 e. The molecule has 0 fully saturated rings. The normalized spacial score (nSPS) is 10.6. The molecule has 28 heavy (non-hydrogen) atoms. The highest BCUT2D eigenvalue weighted by atomic mass is 16.5. The van der Waals surface area contributed by atoms with Gasteiger partial charge in [0.25, 0.3) is 0 Å². The third-order valence-electron chi connectivity index (χ3n) is 3.97. The molecule has 0 saturated carbocycles. The van der Waals surface area contributed by atoms with Crippen LogP contribution in [0.15, 0.2) is 48.5 Å². The second-order valence-electron chi connectivity index (χ2n) is 6.20. The van der Waals surface area contributed by atoms with Crippen molar-refractivity contribution in [2.24, 2.45) is 0 Å². The Kier molecular flexibility index (Phi) is 9.72. The molecule has 0 radical (unpaired) electrons. The molecule has 0 bridgehead atoms. The Morgan fingerprint density at radius 1 is 1.00 bits per heavy atom. The fraction of sp³-hybridized carbons (Fsp3) is 0.333. The van der Waals surface area contributed by atoms with Crippen molar-refractivity contribution in [3.8, 4) is 5.75 Å². The number of nitrogens with one attached hydrogen (secondary N) is 1. The number of ketones is 1. The first-order valence-electron chi connectivity index (χ1n) is 9.72. The Bertz CT molecular complexity index is 820. The van der Waals surface area contributed by atoms with Gasteiger partial charge >= 0.3 is 0 Å². The van der Waals surface area contributed by atoms with Crippen LogP contribution in [0.5, 0.6) is 5.75 Å². The number of amides is 1. The van der Waals surface area contributed by atoms with Gasteiger partial charge in [-0.25, -0.2) is 0 Å². The van der Waals surface area contributed by atoms with E-state index in [-0.39, 0.29) is 11.7 Å². The molecular formula is C24H31NO3. The van der Waals surface area contributed by atoms with Crippen molar-refractivity contribution in [2.75, 3.05) is 12.4 Å². The van der Waals surface area contributed by atoms with Crippen molar-refractivity contribution in [1.29, 1.82) is 0 Å². The van der Waals surface area contributed by atoms with Crippen LogP contribution >= 0.6 is 0 Å². The van der Waals surface area contributed by atoms with Gasteiger partial charge in [0.2, 0.25) is 5.91 Å². The highest BCUT2D eigenvalue weighted by molar-refractivity contribution is 5.99. The summed E-state index contributed by atoms with van der Waals surface area (Å²) in [5.74, 6) is 0.731. The summed E-state index contributed by atoms with van der Waals surface area (Å²) in [5, 5.41) is 2.75. The zero-order valence-corrected chi connectivity index (χ0v) is 17.8. The van der Waals surface area contributed by atoms with Gasteiger partial charge in [-0.2, -0.15) is 0 Å². The number of anilines is 1. The number of allylic oxidation sites excluding steroid dienone is 1. The van der Waals surface area contributed by atoms with Crippen LogP contribution in [-0.2, 0) is 16.0 Å². The summed E-state index contributed by atoms with van der Waals surface area (Å²) in [6.07, 6.45) is 3.56. The van der Waals surface area contributed by atoms with Crippen LogP contribution in [0, 0.1) is 0 Å². The molecule has 0 aliphatic carbocycles. The Morgan fingerprint density at radius 3 is 2.11 bits per heavy atom. The van der Waals surface area contributed by atoms with Crippen LogP contribution in [0.1, 0.15) is 57.7 Å². The minimum atomic E-state index is -0.114. The van der Waals surface area contributed by atoms with Crippen molar-refractivity contribution >= 4 is 23.0 Å². The van der Waals surface area contributed by atoms with Crippen LogP contribution in [0.2, 0.25) is 0 Å². The molecule has 0 aromatic heterocycles. The Morgan fingerprint density at radius 2 is 1.61 bits per heavy atom. The van der Waals surface area contributed by atoms with E-state index in [1.165, 1.54) is 6.92 Å². The zero-order valence-electron chi connectivity index (χ0n) is 17.8. The SMILES string of the molecule is CC.CCCc1cc(/C(=C/C(C)=O)c2ccc(NC(C)=O)cc2)ccc1OC. The van der Waals surface area contributed by atoms with E-state index in [2.05, 4.69) is 18.3 Å². The lowest BCUT2D eigenvalue weighted by atomic mass is 9.94. The first kappa shape index (κ1) is 23.2. The molecule has 0 atom stereocenters. The van der Waals surface area contributed by atoms with Crippen molar-refractivity contribution in [2.45, 2.75) is 47.5 Å². The van der Waals surface area contributed by atoms with Crippen molar-refractivity contribution in [1.82, 2.24) is 0 Å². The maximum atomic E-state index is 11.8. The number of hydrogen-bond donors (Lipinski definition) is 1. The molecule has 4 nitrogen and oxygen atoms in total. The van der Waals surface area contributed by atoms with E-state index in [1.54, 1.807) is 20.1 Å². The van der Waals surface area contributed by atoms with Crippen LogP contribution in [0.25, 0.3) is 5.57 Å². The second-order valence-corrected chi connectivity index (χ2v) is 6.20. The van der Waals surface area contributed by atoms with Gasteiger partial charge in [-0.1, -0.05) is 45.4 Å². The first-order valence-corrected chi connectivity index (χ1v) is 9.72. The van der Waals surface area contributed by atoms with E-state index in [0.29, 0.717) is 0 Å². The maximum absolute atomic E-state index is 11.8. The molecule has 2 rings (SSSR count). The minimum Gasteiger partial charge on any atom is -0.496 e. The molecular weight excluding hydrogens is 350 g/mol. The van der Waals surface area contributed by atoms with Gasteiger partial charge < -0.3 is 10.1 Å². The summed E-state index contributed by atoms with van der Waals surface area (Å²) in [5.41, 5.74) is 4.59.